The highest BCUT2D eigenvalue weighted by Gasteiger charge is 2.27. The largest absolute Gasteiger partial charge is 0.389 e. The number of hydrogen-bond acceptors (Lipinski definition) is 2. The van der Waals surface area contributed by atoms with Gasteiger partial charge in [0.2, 0.25) is 0 Å². The summed E-state index contributed by atoms with van der Waals surface area (Å²) in [6.45, 7) is 2.96. The van der Waals surface area contributed by atoms with Crippen LogP contribution < -0.4 is 0 Å². The fraction of sp³-hybridized carbons (Fsp3) is 1.00. The summed E-state index contributed by atoms with van der Waals surface area (Å²) in [4.78, 5) is 2.10. The van der Waals surface area contributed by atoms with Crippen molar-refractivity contribution in [2.75, 3.05) is 31.6 Å². The number of halogens is 4. The van der Waals surface area contributed by atoms with Crippen molar-refractivity contribution >= 4 is 15.9 Å². The van der Waals surface area contributed by atoms with Gasteiger partial charge in [0, 0.05) is 24.8 Å². The molecule has 0 N–H and O–H groups in total. The lowest BCUT2D eigenvalue weighted by Gasteiger charge is -2.31. The molecule has 1 rings (SSSR count). The Bertz CT molecular complexity index is 205. The zero-order valence-corrected chi connectivity index (χ0v) is 11.4. The van der Waals surface area contributed by atoms with E-state index in [2.05, 4.69) is 20.8 Å². The molecule has 0 aromatic heterocycles. The Labute approximate surface area is 109 Å². The molecule has 0 aromatic carbocycles. The van der Waals surface area contributed by atoms with Crippen molar-refractivity contribution in [3.8, 4) is 0 Å². The van der Waals surface area contributed by atoms with E-state index in [1.54, 1.807) is 0 Å². The number of likely N-dealkylation sites (tertiary alicyclic amines) is 1. The molecule has 1 aliphatic heterocycles. The van der Waals surface area contributed by atoms with E-state index in [0.717, 1.165) is 31.3 Å². The molecule has 1 fully saturated rings. The van der Waals surface area contributed by atoms with Crippen molar-refractivity contribution in [3.63, 3.8) is 0 Å². The van der Waals surface area contributed by atoms with Crippen molar-refractivity contribution < 1.29 is 17.9 Å². The Morgan fingerprint density at radius 3 is 2.41 bits per heavy atom. The predicted molar refractivity (Wildman–Crippen MR) is 64.5 cm³/mol. The number of rotatable bonds is 6. The highest BCUT2D eigenvalue weighted by Crippen LogP contribution is 2.22. The Morgan fingerprint density at radius 2 is 1.88 bits per heavy atom. The smallest absolute Gasteiger partial charge is 0.377 e. The molecule has 0 unspecified atom stereocenters. The normalized spacial score (nSPS) is 19.8. The molecule has 0 radical (unpaired) electrons. The first kappa shape index (κ1) is 15.2. The molecule has 1 heterocycles. The summed E-state index contributed by atoms with van der Waals surface area (Å²) in [5, 5.41) is 0.832. The number of alkyl halides is 4. The van der Waals surface area contributed by atoms with Gasteiger partial charge in [0.25, 0.3) is 0 Å². The maximum atomic E-state index is 12.0. The van der Waals surface area contributed by atoms with Crippen molar-refractivity contribution in [1.29, 1.82) is 0 Å². The molecule has 17 heavy (non-hydrogen) atoms. The van der Waals surface area contributed by atoms with Crippen LogP contribution in [0, 0.1) is 0 Å². The maximum absolute atomic E-state index is 12.0. The van der Waals surface area contributed by atoms with Crippen LogP contribution in [0.5, 0.6) is 0 Å². The lowest BCUT2D eigenvalue weighted by molar-refractivity contribution is -0.136. The Balaban J connectivity index is 2.07. The van der Waals surface area contributed by atoms with Crippen LogP contribution in [-0.4, -0.2) is 48.8 Å². The minimum atomic E-state index is -4.02. The number of hydrogen-bond donors (Lipinski definition) is 0. The first-order valence-corrected chi connectivity index (χ1v) is 7.10. The molecular weight excluding hydrogens is 299 g/mol. The Hall–Kier alpha value is 0.190. The molecule has 0 saturated carbocycles. The quantitative estimate of drug-likeness (QED) is 0.697. The molecule has 0 bridgehead atoms. The summed E-state index contributed by atoms with van der Waals surface area (Å²) >= 11 is 3.30. The van der Waals surface area contributed by atoms with Gasteiger partial charge in [-0.1, -0.05) is 15.9 Å². The lowest BCUT2D eigenvalue weighted by Crippen LogP contribution is -2.38. The van der Waals surface area contributed by atoms with Crippen LogP contribution in [0.15, 0.2) is 0 Å². The van der Waals surface area contributed by atoms with Gasteiger partial charge in [-0.15, -0.1) is 0 Å². The van der Waals surface area contributed by atoms with E-state index in [0.29, 0.717) is 13.2 Å². The minimum absolute atomic E-state index is 0.205. The average Bonchev–Trinajstić information content (AvgIpc) is 2.26. The van der Waals surface area contributed by atoms with Gasteiger partial charge in [-0.2, -0.15) is 13.2 Å². The number of nitrogens with zero attached hydrogens (tertiary/aromatic N) is 1. The summed E-state index contributed by atoms with van der Waals surface area (Å²) < 4.78 is 41.5. The molecule has 6 heteroatoms. The highest BCUT2D eigenvalue weighted by molar-refractivity contribution is 9.09. The third kappa shape index (κ3) is 7.26. The van der Waals surface area contributed by atoms with Crippen LogP contribution >= 0.6 is 15.9 Å². The molecule has 0 aromatic rings. The van der Waals surface area contributed by atoms with Crippen LogP contribution in [0.1, 0.15) is 25.7 Å². The van der Waals surface area contributed by atoms with Crippen LogP contribution in [0.3, 0.4) is 0 Å². The molecule has 2 nitrogen and oxygen atoms in total. The fourth-order valence-corrected chi connectivity index (χ4v) is 2.20. The summed E-state index contributed by atoms with van der Waals surface area (Å²) in [6, 6.07) is 0. The molecule has 1 aliphatic rings. The van der Waals surface area contributed by atoms with Crippen molar-refractivity contribution in [2.45, 2.75) is 38.0 Å². The van der Waals surface area contributed by atoms with Crippen LogP contribution in [0.25, 0.3) is 0 Å². The molecule has 0 spiro atoms. The molecule has 0 atom stereocenters. The van der Waals surface area contributed by atoms with Crippen LogP contribution in [0.4, 0.5) is 13.2 Å². The first-order valence-electron chi connectivity index (χ1n) is 5.98. The molecule has 1 saturated heterocycles. The second kappa shape index (κ2) is 7.59. The second-order valence-electron chi connectivity index (χ2n) is 4.32. The highest BCUT2D eigenvalue weighted by atomic mass is 79.9. The number of ether oxygens (including phenoxy) is 1. The van der Waals surface area contributed by atoms with E-state index in [9.17, 15) is 13.2 Å². The van der Waals surface area contributed by atoms with E-state index >= 15 is 0 Å². The van der Waals surface area contributed by atoms with E-state index in [-0.39, 0.29) is 12.5 Å². The summed E-state index contributed by atoms with van der Waals surface area (Å²) in [7, 11) is 0. The van der Waals surface area contributed by atoms with Crippen molar-refractivity contribution in [2.24, 2.45) is 0 Å². The topological polar surface area (TPSA) is 12.5 Å². The zero-order valence-electron chi connectivity index (χ0n) is 9.81. The van der Waals surface area contributed by atoms with Crippen LogP contribution in [-0.2, 0) is 4.74 Å². The van der Waals surface area contributed by atoms with Gasteiger partial charge in [0.1, 0.15) is 0 Å². The second-order valence-corrected chi connectivity index (χ2v) is 5.11. The average molecular weight is 318 g/mol. The standard InChI is InChI=1S/C11H19BrF3NO/c12-5-9-17-10-2-7-16(8-3-10)6-1-4-11(13,14)15/h10H,1-9H2. The Morgan fingerprint density at radius 1 is 1.24 bits per heavy atom. The third-order valence-corrected chi connectivity index (χ3v) is 3.22. The molecule has 0 amide bonds. The summed E-state index contributed by atoms with van der Waals surface area (Å²) in [5.74, 6) is 0. The fourth-order valence-electron chi connectivity index (χ4n) is 2.01. The number of piperidine rings is 1. The third-order valence-electron chi connectivity index (χ3n) is 2.90. The van der Waals surface area contributed by atoms with Gasteiger partial charge in [-0.05, 0) is 25.8 Å². The van der Waals surface area contributed by atoms with E-state index in [1.165, 1.54) is 0 Å². The van der Waals surface area contributed by atoms with Crippen molar-refractivity contribution in [3.05, 3.63) is 0 Å². The zero-order chi connectivity index (χ0) is 12.7. The van der Waals surface area contributed by atoms with Crippen molar-refractivity contribution in [1.82, 2.24) is 4.90 Å². The van der Waals surface area contributed by atoms with Gasteiger partial charge in [-0.25, -0.2) is 0 Å². The molecular formula is C11H19BrF3NO. The molecule has 102 valence electrons. The van der Waals surface area contributed by atoms with Gasteiger partial charge in [0.05, 0.1) is 12.7 Å². The summed E-state index contributed by atoms with van der Waals surface area (Å²) in [5.41, 5.74) is 0. The summed E-state index contributed by atoms with van der Waals surface area (Å²) in [6.07, 6.45) is -2.34. The van der Waals surface area contributed by atoms with Gasteiger partial charge >= 0.3 is 6.18 Å². The van der Waals surface area contributed by atoms with E-state index in [4.69, 9.17) is 4.74 Å². The van der Waals surface area contributed by atoms with E-state index < -0.39 is 12.6 Å². The van der Waals surface area contributed by atoms with Gasteiger partial charge in [-0.3, -0.25) is 0 Å². The SMILES string of the molecule is FC(F)(F)CCCN1CCC(OCCBr)CC1. The lowest BCUT2D eigenvalue weighted by atomic mass is 10.1. The predicted octanol–water partition coefficient (Wildman–Crippen LogP) is 3.20. The van der Waals surface area contributed by atoms with Gasteiger partial charge in [0.15, 0.2) is 0 Å². The van der Waals surface area contributed by atoms with Gasteiger partial charge < -0.3 is 9.64 Å². The van der Waals surface area contributed by atoms with Crippen LogP contribution in [0.2, 0.25) is 0 Å². The minimum Gasteiger partial charge on any atom is -0.377 e. The first-order chi connectivity index (χ1) is 8.01. The maximum Gasteiger partial charge on any atom is 0.389 e. The van der Waals surface area contributed by atoms with E-state index in [1.807, 2.05) is 0 Å². The molecule has 0 aliphatic carbocycles. The monoisotopic (exact) mass is 317 g/mol. The Kier molecular flexibility index (Phi) is 6.80.